The van der Waals surface area contributed by atoms with Crippen molar-refractivity contribution in [2.75, 3.05) is 5.73 Å². The van der Waals surface area contributed by atoms with Gasteiger partial charge < -0.3 is 15.5 Å². The average Bonchev–Trinajstić information content (AvgIpc) is 2.88. The number of rotatable bonds is 4. The van der Waals surface area contributed by atoms with E-state index in [4.69, 9.17) is 10.5 Å². The van der Waals surface area contributed by atoms with Gasteiger partial charge >= 0.3 is 5.91 Å². The van der Waals surface area contributed by atoms with Gasteiger partial charge in [0.25, 0.3) is 0 Å². The molecule has 6 nitrogen and oxygen atoms in total. The number of carbonyl (C=O) groups excluding carboxylic acids is 1. The van der Waals surface area contributed by atoms with E-state index in [2.05, 4.69) is 15.2 Å². The van der Waals surface area contributed by atoms with Crippen molar-refractivity contribution in [1.82, 2.24) is 4.98 Å². The lowest BCUT2D eigenvalue weighted by molar-refractivity contribution is -0.124. The van der Waals surface area contributed by atoms with Crippen LogP contribution in [0.1, 0.15) is 18.1 Å². The predicted molar refractivity (Wildman–Crippen MR) is 98.2 cm³/mol. The molecular weight excluding hydrogens is 316 g/mol. The van der Waals surface area contributed by atoms with E-state index in [0.717, 1.165) is 21.9 Å². The second kappa shape index (κ2) is 6.76. The van der Waals surface area contributed by atoms with Gasteiger partial charge in [-0.25, -0.2) is 0 Å². The van der Waals surface area contributed by atoms with Crippen LogP contribution in [-0.2, 0) is 4.79 Å². The van der Waals surface area contributed by atoms with E-state index < -0.39 is 12.0 Å². The predicted octanol–water partition coefficient (Wildman–Crippen LogP) is 4.44. The average molecular weight is 336 g/mol. The molecule has 0 aliphatic heterocycles. The van der Waals surface area contributed by atoms with Crippen LogP contribution in [-0.4, -0.2) is 17.0 Å². The zero-order valence-corrected chi connectivity index (χ0v) is 14.4. The molecule has 0 radical (unpaired) electrons. The molecule has 3 N–H and O–H groups in total. The van der Waals surface area contributed by atoms with Gasteiger partial charge in [-0.3, -0.25) is 4.79 Å². The normalized spacial score (nSPS) is 12.6. The molecule has 0 spiro atoms. The summed E-state index contributed by atoms with van der Waals surface area (Å²) in [6.45, 7) is 5.61. The Morgan fingerprint density at radius 3 is 2.44 bits per heavy atom. The van der Waals surface area contributed by atoms with Crippen LogP contribution in [0.5, 0.6) is 5.75 Å². The lowest BCUT2D eigenvalue weighted by atomic mass is 10.1. The van der Waals surface area contributed by atoms with E-state index in [-0.39, 0.29) is 0 Å². The molecule has 3 rings (SSSR count). The molecule has 0 aliphatic carbocycles. The lowest BCUT2D eigenvalue weighted by Crippen LogP contribution is -2.21. The van der Waals surface area contributed by atoms with Gasteiger partial charge in [0.15, 0.2) is 11.9 Å². The minimum atomic E-state index is -0.733. The number of ether oxygens (including phenoxy) is 1. The molecule has 1 aromatic heterocycles. The summed E-state index contributed by atoms with van der Waals surface area (Å²) in [6, 6.07) is 13.3. The molecule has 128 valence electrons. The molecule has 6 heteroatoms. The molecule has 0 saturated heterocycles. The fraction of sp³-hybridized carbons (Fsp3) is 0.211. The summed E-state index contributed by atoms with van der Waals surface area (Å²) in [5.41, 5.74) is 8.05. The fourth-order valence-electron chi connectivity index (χ4n) is 2.70. The van der Waals surface area contributed by atoms with Crippen LogP contribution in [0.2, 0.25) is 0 Å². The van der Waals surface area contributed by atoms with E-state index in [1.54, 1.807) is 6.92 Å². The van der Waals surface area contributed by atoms with E-state index in [0.29, 0.717) is 17.4 Å². The fourth-order valence-corrected chi connectivity index (χ4v) is 2.70. The van der Waals surface area contributed by atoms with Crippen molar-refractivity contribution in [2.45, 2.75) is 26.9 Å². The Bertz CT molecular complexity index is 939. The Hall–Kier alpha value is -3.15. The monoisotopic (exact) mass is 336 g/mol. The highest BCUT2D eigenvalue weighted by atomic mass is 16.5. The maximum atomic E-state index is 12.2. The van der Waals surface area contributed by atoms with Gasteiger partial charge in [-0.15, -0.1) is 10.2 Å². The number of aromatic nitrogens is 1. The third-order valence-electron chi connectivity index (χ3n) is 3.83. The van der Waals surface area contributed by atoms with Crippen LogP contribution in [0.25, 0.3) is 10.8 Å². The summed E-state index contributed by atoms with van der Waals surface area (Å²) in [6.07, 6.45) is -0.733. The number of nitrogens with one attached hydrogen (secondary N) is 1. The molecule has 25 heavy (non-hydrogen) atoms. The van der Waals surface area contributed by atoms with Crippen LogP contribution < -0.4 is 10.5 Å². The second-order valence-corrected chi connectivity index (χ2v) is 6.05. The summed E-state index contributed by atoms with van der Waals surface area (Å²) in [5.74, 6) is 1.14. The summed E-state index contributed by atoms with van der Waals surface area (Å²) in [7, 11) is 0. The van der Waals surface area contributed by atoms with Gasteiger partial charge in [0.05, 0.1) is 0 Å². The first-order valence-corrected chi connectivity index (χ1v) is 8.01. The Labute approximate surface area is 145 Å². The molecule has 1 atom stereocenters. The topological polar surface area (TPSA) is 92.8 Å². The third kappa shape index (κ3) is 3.68. The Kier molecular flexibility index (Phi) is 4.52. The van der Waals surface area contributed by atoms with Crippen molar-refractivity contribution in [2.24, 2.45) is 10.2 Å². The molecule has 1 heterocycles. The van der Waals surface area contributed by atoms with Gasteiger partial charge in [-0.1, -0.05) is 30.3 Å². The Morgan fingerprint density at radius 2 is 1.76 bits per heavy atom. The van der Waals surface area contributed by atoms with Crippen LogP contribution in [0, 0.1) is 13.8 Å². The smallest absolute Gasteiger partial charge is 0.304 e. The van der Waals surface area contributed by atoms with Gasteiger partial charge in [0, 0.05) is 10.8 Å². The number of nitrogens with zero attached hydrogens (tertiary/aromatic N) is 2. The van der Waals surface area contributed by atoms with E-state index in [9.17, 15) is 4.79 Å². The molecule has 0 unspecified atom stereocenters. The summed E-state index contributed by atoms with van der Waals surface area (Å²) >= 11 is 0. The lowest BCUT2D eigenvalue weighted by Gasteiger charge is -2.12. The molecule has 0 bridgehead atoms. The first-order chi connectivity index (χ1) is 11.9. The van der Waals surface area contributed by atoms with Crippen molar-refractivity contribution in [3.8, 4) is 5.75 Å². The van der Waals surface area contributed by atoms with Gasteiger partial charge in [-0.05, 0) is 44.0 Å². The maximum Gasteiger partial charge on any atom is 0.304 e. The van der Waals surface area contributed by atoms with Crippen LogP contribution >= 0.6 is 0 Å². The molecule has 0 aliphatic rings. The SMILES string of the molecule is Cc1cc(C)cc(O[C@@H](C)C(=O)N=Nc2[nH]c(N)c3ccccc23)c1. The first kappa shape index (κ1) is 16.7. The molecular formula is C19H20N4O2. The summed E-state index contributed by atoms with van der Waals surface area (Å²) in [4.78, 5) is 15.1. The zero-order valence-electron chi connectivity index (χ0n) is 14.4. The minimum absolute atomic E-state index is 0.458. The number of nitrogen functional groups attached to an aromatic ring is 1. The van der Waals surface area contributed by atoms with Crippen LogP contribution in [0.4, 0.5) is 11.6 Å². The number of H-pyrrole nitrogens is 1. The van der Waals surface area contributed by atoms with Gasteiger partial charge in [-0.2, -0.15) is 0 Å². The number of aryl methyl sites for hydroxylation is 2. The van der Waals surface area contributed by atoms with Crippen LogP contribution in [0.15, 0.2) is 52.7 Å². The molecule has 3 aromatic rings. The molecule has 0 fully saturated rings. The number of carbonyl (C=O) groups is 1. The second-order valence-electron chi connectivity index (χ2n) is 6.05. The van der Waals surface area contributed by atoms with E-state index >= 15 is 0 Å². The van der Waals surface area contributed by atoms with E-state index in [1.807, 2.05) is 56.3 Å². The molecule has 2 aromatic carbocycles. The van der Waals surface area contributed by atoms with Crippen molar-refractivity contribution in [1.29, 1.82) is 0 Å². The number of azo groups is 1. The largest absolute Gasteiger partial charge is 0.481 e. The number of amides is 1. The maximum absolute atomic E-state index is 12.2. The van der Waals surface area contributed by atoms with Gasteiger partial charge in [0.2, 0.25) is 0 Å². The van der Waals surface area contributed by atoms with Crippen molar-refractivity contribution in [3.05, 3.63) is 53.6 Å². The Morgan fingerprint density at radius 1 is 1.12 bits per heavy atom. The van der Waals surface area contributed by atoms with Gasteiger partial charge in [0.1, 0.15) is 11.6 Å². The molecule has 1 amide bonds. The standard InChI is InChI=1S/C19H20N4O2/c1-11-8-12(2)10-14(9-11)25-13(3)19(24)23-22-18-16-7-5-4-6-15(16)17(20)21-18/h4-10,13,21H,20H2,1-3H3/t13-/m0/s1. The van der Waals surface area contributed by atoms with Crippen molar-refractivity contribution >= 4 is 28.3 Å². The third-order valence-corrected chi connectivity index (χ3v) is 3.83. The quantitative estimate of drug-likeness (QED) is 0.690. The molecule has 0 saturated carbocycles. The number of nitrogens with two attached hydrogens (primary N) is 1. The number of benzene rings is 2. The van der Waals surface area contributed by atoms with E-state index in [1.165, 1.54) is 0 Å². The highest BCUT2D eigenvalue weighted by molar-refractivity contribution is 5.99. The minimum Gasteiger partial charge on any atom is -0.481 e. The number of anilines is 1. The zero-order chi connectivity index (χ0) is 18.0. The summed E-state index contributed by atoms with van der Waals surface area (Å²) in [5, 5.41) is 9.46. The Balaban J connectivity index is 1.75. The summed E-state index contributed by atoms with van der Waals surface area (Å²) < 4.78 is 5.68. The van der Waals surface area contributed by atoms with Crippen molar-refractivity contribution in [3.63, 3.8) is 0 Å². The number of hydrogen-bond donors (Lipinski definition) is 2. The number of aromatic amines is 1. The van der Waals surface area contributed by atoms with Crippen LogP contribution in [0.3, 0.4) is 0 Å². The number of fused-ring (bicyclic) bond motifs is 1. The highest BCUT2D eigenvalue weighted by Crippen LogP contribution is 2.30. The highest BCUT2D eigenvalue weighted by Gasteiger charge is 2.15. The number of hydrogen-bond acceptors (Lipinski definition) is 4. The van der Waals surface area contributed by atoms with Crippen molar-refractivity contribution < 1.29 is 9.53 Å². The first-order valence-electron chi connectivity index (χ1n) is 8.01.